The zero-order chi connectivity index (χ0) is 21.4. The monoisotopic (exact) mass is 414 g/mol. The number of hydrogen-bond donors (Lipinski definition) is 0. The molecule has 0 amide bonds. The molecule has 2 rings (SSSR count). The molecule has 1 atom stereocenters. The van der Waals surface area contributed by atoms with Crippen LogP contribution >= 0.6 is 0 Å². The summed E-state index contributed by atoms with van der Waals surface area (Å²) >= 11 is 0. The molecule has 0 saturated heterocycles. The molecule has 1 aromatic carbocycles. The third-order valence-electron chi connectivity index (χ3n) is 5.46. The SMILES string of the molecule is CCCCCCCCCCc1ccc(-c2ncc(OC[C@@H](F)CCCC)cn2)cc1. The van der Waals surface area contributed by atoms with Crippen molar-refractivity contribution in [3.8, 4) is 17.1 Å². The number of ether oxygens (including phenoxy) is 1. The summed E-state index contributed by atoms with van der Waals surface area (Å²) in [5, 5.41) is 0. The molecule has 0 spiro atoms. The van der Waals surface area contributed by atoms with E-state index in [-0.39, 0.29) is 6.61 Å². The van der Waals surface area contributed by atoms with E-state index in [1.165, 1.54) is 56.9 Å². The zero-order valence-corrected chi connectivity index (χ0v) is 18.9. The predicted octanol–water partition coefficient (Wildman–Crippen LogP) is 7.73. The predicted molar refractivity (Wildman–Crippen MR) is 124 cm³/mol. The molecule has 2 aromatic rings. The smallest absolute Gasteiger partial charge is 0.159 e. The van der Waals surface area contributed by atoms with Crippen molar-refractivity contribution in [1.29, 1.82) is 0 Å². The molecule has 166 valence electrons. The van der Waals surface area contributed by atoms with Gasteiger partial charge in [0, 0.05) is 5.56 Å². The van der Waals surface area contributed by atoms with Crippen LogP contribution in [-0.4, -0.2) is 22.7 Å². The van der Waals surface area contributed by atoms with Crippen LogP contribution in [0.5, 0.6) is 5.75 Å². The van der Waals surface area contributed by atoms with Crippen molar-refractivity contribution in [2.75, 3.05) is 6.61 Å². The molecule has 0 unspecified atom stereocenters. The minimum atomic E-state index is -0.932. The number of halogens is 1. The number of nitrogens with zero attached hydrogens (tertiary/aromatic N) is 2. The molecule has 0 radical (unpaired) electrons. The minimum Gasteiger partial charge on any atom is -0.487 e. The second-order valence-corrected chi connectivity index (χ2v) is 8.21. The van der Waals surface area contributed by atoms with Gasteiger partial charge in [0.05, 0.1) is 12.4 Å². The summed E-state index contributed by atoms with van der Waals surface area (Å²) in [5.41, 5.74) is 2.36. The van der Waals surface area contributed by atoms with Gasteiger partial charge in [0.2, 0.25) is 0 Å². The lowest BCUT2D eigenvalue weighted by Gasteiger charge is -2.10. The number of alkyl halides is 1. The van der Waals surface area contributed by atoms with E-state index in [0.29, 0.717) is 18.0 Å². The van der Waals surface area contributed by atoms with Crippen LogP contribution in [0.2, 0.25) is 0 Å². The highest BCUT2D eigenvalue weighted by atomic mass is 19.1. The lowest BCUT2D eigenvalue weighted by molar-refractivity contribution is 0.184. The van der Waals surface area contributed by atoms with Crippen LogP contribution in [0.25, 0.3) is 11.4 Å². The lowest BCUT2D eigenvalue weighted by Crippen LogP contribution is -2.12. The van der Waals surface area contributed by atoms with Gasteiger partial charge in [0.25, 0.3) is 0 Å². The van der Waals surface area contributed by atoms with Crippen molar-refractivity contribution in [1.82, 2.24) is 9.97 Å². The van der Waals surface area contributed by atoms with Crippen LogP contribution in [0.15, 0.2) is 36.7 Å². The van der Waals surface area contributed by atoms with Gasteiger partial charge in [-0.25, -0.2) is 14.4 Å². The number of benzene rings is 1. The Labute approximate surface area is 182 Å². The molecule has 0 aliphatic heterocycles. The fourth-order valence-electron chi connectivity index (χ4n) is 3.52. The van der Waals surface area contributed by atoms with Crippen LogP contribution in [0.4, 0.5) is 4.39 Å². The lowest BCUT2D eigenvalue weighted by atomic mass is 10.0. The minimum absolute atomic E-state index is 0.0656. The Balaban J connectivity index is 1.70. The maximum atomic E-state index is 13.7. The molecular weight excluding hydrogens is 375 g/mol. The Bertz CT molecular complexity index is 672. The van der Waals surface area contributed by atoms with Crippen LogP contribution in [0.3, 0.4) is 0 Å². The van der Waals surface area contributed by atoms with Gasteiger partial charge in [0.1, 0.15) is 12.8 Å². The van der Waals surface area contributed by atoms with E-state index in [1.54, 1.807) is 12.4 Å². The molecule has 0 aliphatic rings. The number of unbranched alkanes of at least 4 members (excludes halogenated alkanes) is 8. The van der Waals surface area contributed by atoms with Crippen molar-refractivity contribution in [2.45, 2.75) is 97.1 Å². The average molecular weight is 415 g/mol. The number of aromatic nitrogens is 2. The summed E-state index contributed by atoms with van der Waals surface area (Å²) in [7, 11) is 0. The molecule has 3 nitrogen and oxygen atoms in total. The molecular formula is C26H39FN2O. The summed E-state index contributed by atoms with van der Waals surface area (Å²) in [4.78, 5) is 8.75. The van der Waals surface area contributed by atoms with E-state index in [1.807, 2.05) is 0 Å². The van der Waals surface area contributed by atoms with Crippen LogP contribution in [-0.2, 0) is 6.42 Å². The zero-order valence-electron chi connectivity index (χ0n) is 18.9. The Kier molecular flexibility index (Phi) is 12.1. The van der Waals surface area contributed by atoms with Gasteiger partial charge in [-0.05, 0) is 24.8 Å². The van der Waals surface area contributed by atoms with Crippen molar-refractivity contribution < 1.29 is 9.13 Å². The first-order valence-corrected chi connectivity index (χ1v) is 11.9. The summed E-state index contributed by atoms with van der Waals surface area (Å²) in [6, 6.07) is 8.51. The Morgan fingerprint density at radius 3 is 2.03 bits per heavy atom. The highest BCUT2D eigenvalue weighted by Crippen LogP contribution is 2.19. The quantitative estimate of drug-likeness (QED) is 0.264. The van der Waals surface area contributed by atoms with E-state index in [4.69, 9.17) is 4.74 Å². The molecule has 1 aromatic heterocycles. The normalized spacial score (nSPS) is 12.1. The summed E-state index contributed by atoms with van der Waals surface area (Å²) in [6.45, 7) is 4.39. The van der Waals surface area contributed by atoms with E-state index < -0.39 is 6.17 Å². The maximum absolute atomic E-state index is 13.7. The Morgan fingerprint density at radius 1 is 0.800 bits per heavy atom. The molecule has 30 heavy (non-hydrogen) atoms. The van der Waals surface area contributed by atoms with Crippen LogP contribution in [0.1, 0.15) is 90.0 Å². The number of rotatable bonds is 16. The Morgan fingerprint density at radius 2 is 1.40 bits per heavy atom. The van der Waals surface area contributed by atoms with Gasteiger partial charge >= 0.3 is 0 Å². The average Bonchev–Trinajstić information content (AvgIpc) is 2.79. The topological polar surface area (TPSA) is 35.0 Å². The fraction of sp³-hybridized carbons (Fsp3) is 0.615. The molecule has 4 heteroatoms. The van der Waals surface area contributed by atoms with E-state index in [2.05, 4.69) is 48.1 Å². The number of aryl methyl sites for hydroxylation is 1. The second kappa shape index (κ2) is 14.9. The van der Waals surface area contributed by atoms with Gasteiger partial charge < -0.3 is 4.74 Å². The van der Waals surface area contributed by atoms with Gasteiger partial charge in [-0.3, -0.25) is 0 Å². The molecule has 0 bridgehead atoms. The standard InChI is InChI=1S/C26H39FN2O/c1-3-5-7-8-9-10-11-12-13-22-15-17-23(18-16-22)26-28-19-25(20-29-26)30-21-24(27)14-6-4-2/h15-20,24H,3-14,21H2,1-2H3/t24-/m0/s1. The summed E-state index contributed by atoms with van der Waals surface area (Å²) < 4.78 is 19.2. The molecule has 0 fully saturated rings. The summed E-state index contributed by atoms with van der Waals surface area (Å²) in [5.74, 6) is 1.19. The van der Waals surface area contributed by atoms with Crippen molar-refractivity contribution in [2.24, 2.45) is 0 Å². The van der Waals surface area contributed by atoms with Crippen molar-refractivity contribution in [3.63, 3.8) is 0 Å². The van der Waals surface area contributed by atoms with Gasteiger partial charge in [-0.2, -0.15) is 0 Å². The largest absolute Gasteiger partial charge is 0.487 e. The fourth-order valence-corrected chi connectivity index (χ4v) is 3.52. The molecule has 0 N–H and O–H groups in total. The first kappa shape index (κ1) is 24.3. The third kappa shape index (κ3) is 9.69. The molecule has 0 aliphatic carbocycles. The first-order chi connectivity index (χ1) is 14.7. The van der Waals surface area contributed by atoms with Crippen molar-refractivity contribution >= 4 is 0 Å². The summed E-state index contributed by atoms with van der Waals surface area (Å²) in [6.07, 6.45) is 16.7. The highest BCUT2D eigenvalue weighted by molar-refractivity contribution is 5.55. The van der Waals surface area contributed by atoms with Crippen LogP contribution < -0.4 is 4.74 Å². The maximum Gasteiger partial charge on any atom is 0.159 e. The van der Waals surface area contributed by atoms with Gasteiger partial charge in [-0.1, -0.05) is 95.9 Å². The van der Waals surface area contributed by atoms with Gasteiger partial charge in [0.15, 0.2) is 11.6 Å². The van der Waals surface area contributed by atoms with Crippen LogP contribution in [0, 0.1) is 0 Å². The van der Waals surface area contributed by atoms with Gasteiger partial charge in [-0.15, -0.1) is 0 Å². The third-order valence-corrected chi connectivity index (χ3v) is 5.46. The number of hydrogen-bond acceptors (Lipinski definition) is 3. The second-order valence-electron chi connectivity index (χ2n) is 8.21. The van der Waals surface area contributed by atoms with E-state index >= 15 is 0 Å². The van der Waals surface area contributed by atoms with E-state index in [9.17, 15) is 4.39 Å². The highest BCUT2D eigenvalue weighted by Gasteiger charge is 2.08. The Hall–Kier alpha value is -1.97. The first-order valence-electron chi connectivity index (χ1n) is 11.9. The molecule has 1 heterocycles. The van der Waals surface area contributed by atoms with Crippen molar-refractivity contribution in [3.05, 3.63) is 42.2 Å². The molecule has 0 saturated carbocycles. The van der Waals surface area contributed by atoms with E-state index in [0.717, 1.165) is 24.8 Å².